The zero-order chi connectivity index (χ0) is 6.69. The number of aromatic nitrogens is 2. The van der Waals surface area contributed by atoms with E-state index >= 15 is 0 Å². The molecule has 0 saturated carbocycles. The normalized spacial score (nSPS) is 8.50. The van der Waals surface area contributed by atoms with Gasteiger partial charge in [-0.2, -0.15) is 0 Å². The van der Waals surface area contributed by atoms with Gasteiger partial charge < -0.3 is 12.4 Å². The number of hydrogen-bond donors (Lipinski definition) is 0. The highest BCUT2D eigenvalue weighted by atomic mass is 35.5. The highest BCUT2D eigenvalue weighted by Crippen LogP contribution is 1.81. The van der Waals surface area contributed by atoms with E-state index in [9.17, 15) is 0 Å². The van der Waals surface area contributed by atoms with E-state index in [1.807, 2.05) is 23.3 Å². The summed E-state index contributed by atoms with van der Waals surface area (Å²) in [4.78, 5) is 0. The molecular weight excluding hydrogens is 148 g/mol. The molecule has 2 nitrogen and oxygen atoms in total. The molecule has 0 radical (unpaired) electrons. The quantitative estimate of drug-likeness (QED) is 0.436. The minimum Gasteiger partial charge on any atom is -1.00 e. The second kappa shape index (κ2) is 4.12. The summed E-state index contributed by atoms with van der Waals surface area (Å²) in [6, 6.07) is 0. The maximum absolute atomic E-state index is 3.63. The van der Waals surface area contributed by atoms with E-state index in [-0.39, 0.29) is 12.4 Å². The summed E-state index contributed by atoms with van der Waals surface area (Å²) in [7, 11) is 0. The molecule has 3 heteroatoms. The molecule has 0 saturated heterocycles. The van der Waals surface area contributed by atoms with Gasteiger partial charge in [-0.25, -0.2) is 9.13 Å². The summed E-state index contributed by atoms with van der Waals surface area (Å²) in [5.74, 6) is 0. The Labute approximate surface area is 67.2 Å². The predicted octanol–water partition coefficient (Wildman–Crippen LogP) is -2.10. The van der Waals surface area contributed by atoms with E-state index in [1.54, 1.807) is 6.20 Å². The molecular formula is C7H11ClN2. The predicted molar refractivity (Wildman–Crippen MR) is 36.7 cm³/mol. The average molecular weight is 159 g/mol. The Hall–Kier alpha value is -0.760. The van der Waals surface area contributed by atoms with Crippen LogP contribution in [0.25, 0.3) is 6.20 Å². The fourth-order valence-electron chi connectivity index (χ4n) is 0.706. The van der Waals surface area contributed by atoms with Crippen LogP contribution in [0, 0.1) is 0 Å². The number of halogens is 1. The second-order valence-corrected chi connectivity index (χ2v) is 1.87. The van der Waals surface area contributed by atoms with Crippen LogP contribution in [0.3, 0.4) is 0 Å². The van der Waals surface area contributed by atoms with Gasteiger partial charge in [-0.3, -0.25) is 0 Å². The zero-order valence-corrected chi connectivity index (χ0v) is 6.75. The van der Waals surface area contributed by atoms with Crippen LogP contribution < -0.4 is 17.0 Å². The van der Waals surface area contributed by atoms with E-state index in [0.717, 1.165) is 6.54 Å². The Morgan fingerprint density at radius 1 is 1.70 bits per heavy atom. The molecule has 10 heavy (non-hydrogen) atoms. The third-order valence-electron chi connectivity index (χ3n) is 1.29. The van der Waals surface area contributed by atoms with Crippen molar-refractivity contribution in [2.45, 2.75) is 13.5 Å². The fraction of sp³-hybridized carbons (Fsp3) is 0.286. The van der Waals surface area contributed by atoms with Crippen molar-refractivity contribution >= 4 is 6.20 Å². The molecule has 0 spiro atoms. The van der Waals surface area contributed by atoms with Crippen LogP contribution in [0.1, 0.15) is 6.92 Å². The second-order valence-electron chi connectivity index (χ2n) is 1.87. The van der Waals surface area contributed by atoms with Crippen molar-refractivity contribution in [2.24, 2.45) is 0 Å². The first-order valence-corrected chi connectivity index (χ1v) is 3.06. The lowest BCUT2D eigenvalue weighted by atomic mass is 10.7. The lowest BCUT2D eigenvalue weighted by molar-refractivity contribution is -0.567. The van der Waals surface area contributed by atoms with Crippen molar-refractivity contribution < 1.29 is 17.0 Å². The number of aryl methyl sites for hydroxylation is 1. The molecule has 0 bridgehead atoms. The van der Waals surface area contributed by atoms with E-state index in [2.05, 4.69) is 18.1 Å². The van der Waals surface area contributed by atoms with Crippen LogP contribution in [-0.2, 0) is 6.54 Å². The first-order valence-electron chi connectivity index (χ1n) is 3.06. The number of hydrogen-bond acceptors (Lipinski definition) is 0. The van der Waals surface area contributed by atoms with Crippen molar-refractivity contribution in [3.8, 4) is 0 Å². The summed E-state index contributed by atoms with van der Waals surface area (Å²) in [5.41, 5.74) is 0. The molecule has 0 atom stereocenters. The average Bonchev–Trinajstić information content (AvgIpc) is 2.34. The van der Waals surface area contributed by atoms with Crippen LogP contribution in [-0.4, -0.2) is 4.57 Å². The van der Waals surface area contributed by atoms with Crippen LogP contribution in [0.4, 0.5) is 0 Å². The van der Waals surface area contributed by atoms with Gasteiger partial charge in [-0.15, -0.1) is 0 Å². The van der Waals surface area contributed by atoms with Gasteiger partial charge >= 0.3 is 0 Å². The van der Waals surface area contributed by atoms with Crippen molar-refractivity contribution in [1.29, 1.82) is 0 Å². The first-order chi connectivity index (χ1) is 4.36. The molecule has 56 valence electrons. The first kappa shape index (κ1) is 9.24. The summed E-state index contributed by atoms with van der Waals surface area (Å²) in [6.07, 6.45) is 7.75. The Kier molecular flexibility index (Phi) is 3.81. The van der Waals surface area contributed by atoms with Gasteiger partial charge in [-0.1, -0.05) is 6.58 Å². The molecule has 1 rings (SSSR count). The topological polar surface area (TPSA) is 8.81 Å². The third kappa shape index (κ3) is 1.88. The fourth-order valence-corrected chi connectivity index (χ4v) is 0.706. The van der Waals surface area contributed by atoms with Crippen LogP contribution in [0.15, 0.2) is 25.3 Å². The molecule has 1 aromatic rings. The van der Waals surface area contributed by atoms with Gasteiger partial charge in [0.1, 0.15) is 12.4 Å². The lowest BCUT2D eigenvalue weighted by Gasteiger charge is -1.81. The molecule has 0 aliphatic rings. The van der Waals surface area contributed by atoms with Crippen molar-refractivity contribution in [3.05, 3.63) is 25.3 Å². The van der Waals surface area contributed by atoms with Gasteiger partial charge in [0.2, 0.25) is 6.33 Å². The molecule has 0 N–H and O–H groups in total. The standard InChI is InChI=1S/C7H11N2.ClH/c1-3-8-5-6-9(4-2)7-8;/h3,5-7H,1,4H2,2H3;1H/q+1;/p-1. The minimum atomic E-state index is 0. The largest absolute Gasteiger partial charge is 1.00 e. The van der Waals surface area contributed by atoms with Crippen LogP contribution in [0.2, 0.25) is 0 Å². The van der Waals surface area contributed by atoms with Crippen molar-refractivity contribution in [1.82, 2.24) is 4.57 Å². The van der Waals surface area contributed by atoms with Gasteiger partial charge in [-0.05, 0) is 6.92 Å². The minimum absolute atomic E-state index is 0. The third-order valence-corrected chi connectivity index (χ3v) is 1.29. The number of imidazole rings is 1. The maximum Gasteiger partial charge on any atom is 0.248 e. The number of nitrogens with zero attached hydrogens (tertiary/aromatic N) is 2. The van der Waals surface area contributed by atoms with E-state index in [0.29, 0.717) is 0 Å². The van der Waals surface area contributed by atoms with Gasteiger partial charge in [0, 0.05) is 0 Å². The molecule has 0 aromatic carbocycles. The van der Waals surface area contributed by atoms with E-state index in [4.69, 9.17) is 0 Å². The van der Waals surface area contributed by atoms with E-state index in [1.165, 1.54) is 0 Å². The zero-order valence-electron chi connectivity index (χ0n) is 6.00. The van der Waals surface area contributed by atoms with Crippen molar-refractivity contribution in [3.63, 3.8) is 0 Å². The summed E-state index contributed by atoms with van der Waals surface area (Å²) in [6.45, 7) is 6.75. The van der Waals surface area contributed by atoms with Crippen molar-refractivity contribution in [2.75, 3.05) is 0 Å². The molecule has 0 fully saturated rings. The van der Waals surface area contributed by atoms with Crippen LogP contribution >= 0.6 is 0 Å². The van der Waals surface area contributed by atoms with E-state index < -0.39 is 0 Å². The summed E-state index contributed by atoms with van der Waals surface area (Å²) < 4.78 is 4.01. The Bertz CT molecular complexity index is 205. The Morgan fingerprint density at radius 3 is 2.70 bits per heavy atom. The molecule has 0 amide bonds. The molecule has 0 unspecified atom stereocenters. The summed E-state index contributed by atoms with van der Waals surface area (Å²) in [5, 5.41) is 0. The highest BCUT2D eigenvalue weighted by molar-refractivity contribution is 4.94. The Morgan fingerprint density at radius 2 is 2.40 bits per heavy atom. The maximum atomic E-state index is 3.63. The number of rotatable bonds is 2. The molecule has 1 heterocycles. The molecule has 0 aliphatic heterocycles. The summed E-state index contributed by atoms with van der Waals surface area (Å²) >= 11 is 0. The monoisotopic (exact) mass is 158 g/mol. The van der Waals surface area contributed by atoms with Gasteiger partial charge in [0.05, 0.1) is 12.7 Å². The van der Waals surface area contributed by atoms with Gasteiger partial charge in [0.15, 0.2) is 0 Å². The lowest BCUT2D eigenvalue weighted by Crippen LogP contribution is -3.00. The smallest absolute Gasteiger partial charge is 0.248 e. The highest BCUT2D eigenvalue weighted by Gasteiger charge is 1.94. The molecule has 1 aromatic heterocycles. The molecule has 0 aliphatic carbocycles. The van der Waals surface area contributed by atoms with Gasteiger partial charge in [0.25, 0.3) is 0 Å². The SMILES string of the molecule is C=C[n+]1ccn(CC)c1.[Cl-]. The van der Waals surface area contributed by atoms with Crippen LogP contribution in [0.5, 0.6) is 0 Å². The Balaban J connectivity index is 0.000000810.